The highest BCUT2D eigenvalue weighted by atomic mass is 32.2. The van der Waals surface area contributed by atoms with Crippen LogP contribution in [0.15, 0.2) is 47.4 Å². The second-order valence-corrected chi connectivity index (χ2v) is 6.55. The zero-order valence-electron chi connectivity index (χ0n) is 12.9. The Kier molecular flexibility index (Phi) is 5.02. The number of amides is 1. The van der Waals surface area contributed by atoms with Gasteiger partial charge in [0.25, 0.3) is 5.91 Å². The smallest absolute Gasteiger partial charge is 0.255 e. The van der Waals surface area contributed by atoms with E-state index in [1.54, 1.807) is 37.3 Å². The molecule has 0 bridgehead atoms. The number of rotatable bonds is 5. The van der Waals surface area contributed by atoms with Crippen molar-refractivity contribution >= 4 is 21.6 Å². The Morgan fingerprint density at radius 1 is 1.17 bits per heavy atom. The Labute approximate surface area is 135 Å². The standard InChI is InChI=1S/C16H18N2O4S/c1-3-22-14-6-4-13(5-7-14)18-16(19)12-8-11(2)9-15(10-12)23(17,20)21/h4-10H,3H2,1-2H3,(H,18,19)(H2,17,20,21). The fraction of sp³-hybridized carbons (Fsp3) is 0.188. The van der Waals surface area contributed by atoms with Gasteiger partial charge in [0.1, 0.15) is 5.75 Å². The summed E-state index contributed by atoms with van der Waals surface area (Å²) in [6.45, 7) is 4.14. The lowest BCUT2D eigenvalue weighted by atomic mass is 10.1. The maximum absolute atomic E-state index is 12.3. The number of sulfonamides is 1. The van der Waals surface area contributed by atoms with Crippen LogP contribution in [-0.2, 0) is 10.0 Å². The van der Waals surface area contributed by atoms with Gasteiger partial charge in [0.15, 0.2) is 0 Å². The summed E-state index contributed by atoms with van der Waals surface area (Å²) >= 11 is 0. The SMILES string of the molecule is CCOc1ccc(NC(=O)c2cc(C)cc(S(N)(=O)=O)c2)cc1. The van der Waals surface area contributed by atoms with E-state index in [1.165, 1.54) is 12.1 Å². The van der Waals surface area contributed by atoms with Gasteiger partial charge in [-0.15, -0.1) is 0 Å². The van der Waals surface area contributed by atoms with Crippen LogP contribution < -0.4 is 15.2 Å². The zero-order chi connectivity index (χ0) is 17.0. The third-order valence-corrected chi connectivity index (χ3v) is 3.96. The van der Waals surface area contributed by atoms with E-state index in [1.807, 2.05) is 6.92 Å². The van der Waals surface area contributed by atoms with E-state index >= 15 is 0 Å². The molecule has 0 atom stereocenters. The van der Waals surface area contributed by atoms with Crippen molar-refractivity contribution in [3.63, 3.8) is 0 Å². The van der Waals surface area contributed by atoms with Crippen LogP contribution in [0.3, 0.4) is 0 Å². The predicted octanol–water partition coefficient (Wildman–Crippen LogP) is 2.29. The predicted molar refractivity (Wildman–Crippen MR) is 88.1 cm³/mol. The topological polar surface area (TPSA) is 98.5 Å². The van der Waals surface area contributed by atoms with Gasteiger partial charge in [0, 0.05) is 11.3 Å². The number of ether oxygens (including phenoxy) is 1. The molecule has 2 aromatic carbocycles. The third-order valence-electron chi connectivity index (χ3n) is 3.06. The van der Waals surface area contributed by atoms with Gasteiger partial charge >= 0.3 is 0 Å². The van der Waals surface area contributed by atoms with Gasteiger partial charge in [-0.1, -0.05) is 0 Å². The molecule has 0 spiro atoms. The molecule has 0 aliphatic rings. The van der Waals surface area contributed by atoms with Crippen LogP contribution in [0.25, 0.3) is 0 Å². The Morgan fingerprint density at radius 3 is 2.39 bits per heavy atom. The lowest BCUT2D eigenvalue weighted by molar-refractivity contribution is 0.102. The minimum atomic E-state index is -3.86. The Hall–Kier alpha value is -2.38. The van der Waals surface area contributed by atoms with E-state index in [9.17, 15) is 13.2 Å². The molecule has 0 aromatic heterocycles. The van der Waals surface area contributed by atoms with Crippen molar-refractivity contribution in [1.82, 2.24) is 0 Å². The molecule has 0 heterocycles. The Morgan fingerprint density at radius 2 is 1.83 bits per heavy atom. The monoisotopic (exact) mass is 334 g/mol. The molecule has 0 radical (unpaired) electrons. The number of nitrogens with two attached hydrogens (primary N) is 1. The number of carbonyl (C=O) groups excluding carboxylic acids is 1. The first-order chi connectivity index (χ1) is 10.8. The van der Waals surface area contributed by atoms with Crippen molar-refractivity contribution in [3.8, 4) is 5.75 Å². The molecule has 2 rings (SSSR count). The highest BCUT2D eigenvalue weighted by molar-refractivity contribution is 7.89. The number of hydrogen-bond acceptors (Lipinski definition) is 4. The van der Waals surface area contributed by atoms with Crippen molar-refractivity contribution in [2.24, 2.45) is 5.14 Å². The molecule has 0 aliphatic heterocycles. The molecular formula is C16H18N2O4S. The lowest BCUT2D eigenvalue weighted by Crippen LogP contribution is -2.16. The van der Waals surface area contributed by atoms with Crippen molar-refractivity contribution in [2.75, 3.05) is 11.9 Å². The van der Waals surface area contributed by atoms with Crippen molar-refractivity contribution in [3.05, 3.63) is 53.6 Å². The molecule has 0 unspecified atom stereocenters. The van der Waals surface area contributed by atoms with Crippen LogP contribution in [-0.4, -0.2) is 20.9 Å². The number of hydrogen-bond donors (Lipinski definition) is 2. The number of carbonyl (C=O) groups is 1. The fourth-order valence-corrected chi connectivity index (χ4v) is 2.69. The highest BCUT2D eigenvalue weighted by Gasteiger charge is 2.14. The van der Waals surface area contributed by atoms with Crippen LogP contribution in [0.4, 0.5) is 5.69 Å². The number of aryl methyl sites for hydroxylation is 1. The van der Waals surface area contributed by atoms with Gasteiger partial charge in [-0.2, -0.15) is 0 Å². The first kappa shape index (κ1) is 17.0. The maximum Gasteiger partial charge on any atom is 0.255 e. The van der Waals surface area contributed by atoms with E-state index < -0.39 is 15.9 Å². The van der Waals surface area contributed by atoms with Gasteiger partial charge in [0.05, 0.1) is 11.5 Å². The maximum atomic E-state index is 12.3. The summed E-state index contributed by atoms with van der Waals surface area (Å²) in [5.74, 6) is 0.292. The average molecular weight is 334 g/mol. The van der Waals surface area contributed by atoms with E-state index in [4.69, 9.17) is 9.88 Å². The molecular weight excluding hydrogens is 316 g/mol. The highest BCUT2D eigenvalue weighted by Crippen LogP contribution is 2.18. The van der Waals surface area contributed by atoms with Crippen LogP contribution >= 0.6 is 0 Å². The Bertz CT molecular complexity index is 814. The molecule has 0 saturated carbocycles. The second kappa shape index (κ2) is 6.80. The van der Waals surface area contributed by atoms with Crippen LogP contribution in [0, 0.1) is 6.92 Å². The average Bonchev–Trinajstić information content (AvgIpc) is 2.48. The second-order valence-electron chi connectivity index (χ2n) is 4.99. The summed E-state index contributed by atoms with van der Waals surface area (Å²) < 4.78 is 28.2. The normalized spacial score (nSPS) is 11.1. The first-order valence-corrected chi connectivity index (χ1v) is 8.53. The minimum Gasteiger partial charge on any atom is -0.494 e. The van der Waals surface area contributed by atoms with E-state index in [-0.39, 0.29) is 10.5 Å². The molecule has 6 nitrogen and oxygen atoms in total. The largest absolute Gasteiger partial charge is 0.494 e. The van der Waals surface area contributed by atoms with Gasteiger partial charge in [0.2, 0.25) is 10.0 Å². The Balaban J connectivity index is 2.22. The summed E-state index contributed by atoms with van der Waals surface area (Å²) in [6, 6.07) is 11.2. The first-order valence-electron chi connectivity index (χ1n) is 6.98. The molecule has 0 aliphatic carbocycles. The summed E-state index contributed by atoms with van der Waals surface area (Å²) in [7, 11) is -3.86. The molecule has 0 fully saturated rings. The fourth-order valence-electron chi connectivity index (χ4n) is 2.05. The van der Waals surface area contributed by atoms with Crippen molar-refractivity contribution in [2.45, 2.75) is 18.7 Å². The van der Waals surface area contributed by atoms with E-state index in [2.05, 4.69) is 5.32 Å². The number of primary sulfonamides is 1. The number of anilines is 1. The number of benzene rings is 2. The molecule has 122 valence electrons. The quantitative estimate of drug-likeness (QED) is 0.876. The van der Waals surface area contributed by atoms with Crippen LogP contribution in [0.5, 0.6) is 5.75 Å². The van der Waals surface area contributed by atoms with E-state index in [0.717, 1.165) is 0 Å². The molecule has 2 aromatic rings. The number of nitrogens with one attached hydrogen (secondary N) is 1. The molecule has 3 N–H and O–H groups in total. The van der Waals surface area contributed by atoms with Crippen LogP contribution in [0.2, 0.25) is 0 Å². The summed E-state index contributed by atoms with van der Waals surface area (Å²) in [5.41, 5.74) is 1.44. The van der Waals surface area contributed by atoms with Crippen molar-refractivity contribution in [1.29, 1.82) is 0 Å². The third kappa shape index (κ3) is 4.54. The lowest BCUT2D eigenvalue weighted by Gasteiger charge is -2.09. The molecule has 1 amide bonds. The zero-order valence-corrected chi connectivity index (χ0v) is 13.7. The minimum absolute atomic E-state index is 0.0886. The van der Waals surface area contributed by atoms with Gasteiger partial charge in [-0.3, -0.25) is 4.79 Å². The summed E-state index contributed by atoms with van der Waals surface area (Å²) in [5, 5.41) is 7.82. The van der Waals surface area contributed by atoms with Gasteiger partial charge < -0.3 is 10.1 Å². The molecule has 23 heavy (non-hydrogen) atoms. The molecule has 7 heteroatoms. The van der Waals surface area contributed by atoms with E-state index in [0.29, 0.717) is 23.6 Å². The van der Waals surface area contributed by atoms with Crippen molar-refractivity contribution < 1.29 is 17.9 Å². The summed E-state index contributed by atoms with van der Waals surface area (Å²) in [4.78, 5) is 12.2. The van der Waals surface area contributed by atoms with Crippen LogP contribution in [0.1, 0.15) is 22.8 Å². The molecule has 0 saturated heterocycles. The van der Waals surface area contributed by atoms with Gasteiger partial charge in [-0.25, -0.2) is 13.6 Å². The van der Waals surface area contributed by atoms with Gasteiger partial charge in [-0.05, 0) is 61.9 Å². The summed E-state index contributed by atoms with van der Waals surface area (Å²) in [6.07, 6.45) is 0.